The number of carbonyl (C=O) groups excluding carboxylic acids is 1. The summed E-state index contributed by atoms with van der Waals surface area (Å²) in [7, 11) is 0. The van der Waals surface area contributed by atoms with Gasteiger partial charge in [0.2, 0.25) is 5.91 Å². The highest BCUT2D eigenvalue weighted by molar-refractivity contribution is 5.77. The molecule has 5 heteroatoms. The normalized spacial score (nSPS) is 29.1. The molecule has 3 fully saturated rings. The van der Waals surface area contributed by atoms with Crippen LogP contribution >= 0.6 is 0 Å². The van der Waals surface area contributed by atoms with E-state index in [1.807, 2.05) is 4.90 Å². The zero-order valence-corrected chi connectivity index (χ0v) is 15.6. The van der Waals surface area contributed by atoms with Crippen molar-refractivity contribution in [3.05, 3.63) is 35.9 Å². The van der Waals surface area contributed by atoms with Crippen LogP contribution in [0.3, 0.4) is 0 Å². The SMILES string of the molecule is O=C(COC[C@@]12CCO[C@@H]1CCN(Cc1ccccc1)C2)N1CCCC1. The molecule has 0 spiro atoms. The van der Waals surface area contributed by atoms with E-state index in [2.05, 4.69) is 35.2 Å². The van der Waals surface area contributed by atoms with E-state index in [-0.39, 0.29) is 24.0 Å². The lowest BCUT2D eigenvalue weighted by Crippen LogP contribution is -2.51. The summed E-state index contributed by atoms with van der Waals surface area (Å²) in [5.74, 6) is 0.145. The van der Waals surface area contributed by atoms with Crippen LogP contribution < -0.4 is 0 Å². The maximum absolute atomic E-state index is 12.2. The first-order valence-electron chi connectivity index (χ1n) is 9.99. The van der Waals surface area contributed by atoms with E-state index in [9.17, 15) is 4.79 Å². The van der Waals surface area contributed by atoms with Gasteiger partial charge in [-0.05, 0) is 31.2 Å². The molecule has 142 valence electrons. The molecule has 0 radical (unpaired) electrons. The second-order valence-electron chi connectivity index (χ2n) is 8.04. The van der Waals surface area contributed by atoms with Crippen LogP contribution in [0.1, 0.15) is 31.2 Å². The van der Waals surface area contributed by atoms with Gasteiger partial charge < -0.3 is 14.4 Å². The molecule has 3 aliphatic heterocycles. The standard InChI is InChI=1S/C21H30N2O3/c24-20(23-10-4-5-11-23)15-25-17-21-9-13-26-19(21)8-12-22(16-21)14-18-6-2-1-3-7-18/h1-3,6-7,19H,4-5,8-17H2/t19-,21+/m1/s1. The minimum absolute atomic E-state index is 0.0400. The number of fused-ring (bicyclic) bond motifs is 1. The molecule has 26 heavy (non-hydrogen) atoms. The summed E-state index contributed by atoms with van der Waals surface area (Å²) >= 11 is 0. The molecule has 1 aromatic rings. The lowest BCUT2D eigenvalue weighted by atomic mass is 9.77. The van der Waals surface area contributed by atoms with Crippen molar-refractivity contribution in [1.82, 2.24) is 9.80 Å². The molecule has 3 aliphatic rings. The van der Waals surface area contributed by atoms with Gasteiger partial charge in [0, 0.05) is 44.7 Å². The van der Waals surface area contributed by atoms with Gasteiger partial charge in [-0.15, -0.1) is 0 Å². The molecule has 3 saturated heterocycles. The van der Waals surface area contributed by atoms with Crippen molar-refractivity contribution in [2.75, 3.05) is 46.0 Å². The number of ether oxygens (including phenoxy) is 2. The van der Waals surface area contributed by atoms with Crippen LogP contribution in [0.15, 0.2) is 30.3 Å². The molecule has 2 atom stereocenters. The Bertz CT molecular complexity index is 603. The highest BCUT2D eigenvalue weighted by atomic mass is 16.5. The number of likely N-dealkylation sites (tertiary alicyclic amines) is 2. The average Bonchev–Trinajstić information content (AvgIpc) is 3.32. The van der Waals surface area contributed by atoms with E-state index < -0.39 is 0 Å². The second kappa shape index (κ2) is 8.07. The van der Waals surface area contributed by atoms with Crippen LogP contribution in [0, 0.1) is 5.41 Å². The van der Waals surface area contributed by atoms with E-state index in [4.69, 9.17) is 9.47 Å². The van der Waals surface area contributed by atoms with Crippen LogP contribution in [-0.2, 0) is 20.8 Å². The van der Waals surface area contributed by atoms with E-state index in [0.717, 1.165) is 65.0 Å². The van der Waals surface area contributed by atoms with E-state index in [1.165, 1.54) is 5.56 Å². The van der Waals surface area contributed by atoms with Gasteiger partial charge in [0.25, 0.3) is 0 Å². The van der Waals surface area contributed by atoms with Crippen LogP contribution in [-0.4, -0.2) is 67.8 Å². The van der Waals surface area contributed by atoms with Crippen molar-refractivity contribution in [3.63, 3.8) is 0 Å². The third-order valence-corrected chi connectivity index (χ3v) is 6.17. The maximum atomic E-state index is 12.2. The minimum atomic E-state index is 0.0400. The molecule has 4 rings (SSSR count). The molecule has 0 aromatic heterocycles. The number of benzene rings is 1. The molecule has 0 bridgehead atoms. The van der Waals surface area contributed by atoms with Gasteiger partial charge in [-0.1, -0.05) is 30.3 Å². The predicted molar refractivity (Wildman–Crippen MR) is 99.8 cm³/mol. The molecule has 5 nitrogen and oxygen atoms in total. The van der Waals surface area contributed by atoms with E-state index in [0.29, 0.717) is 6.61 Å². The number of carbonyl (C=O) groups is 1. The Morgan fingerprint density at radius 2 is 2.00 bits per heavy atom. The molecule has 1 amide bonds. The zero-order chi connectivity index (χ0) is 17.8. The predicted octanol–water partition coefficient (Wildman–Crippen LogP) is 2.31. The van der Waals surface area contributed by atoms with E-state index >= 15 is 0 Å². The van der Waals surface area contributed by atoms with Gasteiger partial charge >= 0.3 is 0 Å². The number of hydrogen-bond acceptors (Lipinski definition) is 4. The highest BCUT2D eigenvalue weighted by Crippen LogP contribution is 2.41. The number of piperidine rings is 1. The Kier molecular flexibility index (Phi) is 5.57. The molecular weight excluding hydrogens is 328 g/mol. The van der Waals surface area contributed by atoms with Crippen molar-refractivity contribution in [3.8, 4) is 0 Å². The lowest BCUT2D eigenvalue weighted by Gasteiger charge is -2.43. The summed E-state index contributed by atoms with van der Waals surface area (Å²) < 4.78 is 12.0. The summed E-state index contributed by atoms with van der Waals surface area (Å²) in [4.78, 5) is 16.7. The molecule has 0 unspecified atom stereocenters. The third kappa shape index (κ3) is 3.95. The van der Waals surface area contributed by atoms with Crippen LogP contribution in [0.25, 0.3) is 0 Å². The summed E-state index contributed by atoms with van der Waals surface area (Å²) in [6.07, 6.45) is 4.61. The van der Waals surface area contributed by atoms with Gasteiger partial charge in [0.15, 0.2) is 0 Å². The highest BCUT2D eigenvalue weighted by Gasteiger charge is 2.48. The Labute approximate surface area is 156 Å². The molecular formula is C21H30N2O3. The molecule has 1 aromatic carbocycles. The van der Waals surface area contributed by atoms with Gasteiger partial charge in [0.1, 0.15) is 6.61 Å². The maximum Gasteiger partial charge on any atom is 0.248 e. The molecule has 0 N–H and O–H groups in total. The monoisotopic (exact) mass is 358 g/mol. The summed E-state index contributed by atoms with van der Waals surface area (Å²) in [6.45, 7) is 6.47. The third-order valence-electron chi connectivity index (χ3n) is 6.17. The van der Waals surface area contributed by atoms with Crippen molar-refractivity contribution in [1.29, 1.82) is 0 Å². The minimum Gasteiger partial charge on any atom is -0.377 e. The van der Waals surface area contributed by atoms with Gasteiger partial charge in [-0.25, -0.2) is 0 Å². The van der Waals surface area contributed by atoms with Gasteiger partial charge in [-0.3, -0.25) is 9.69 Å². The van der Waals surface area contributed by atoms with Crippen LogP contribution in [0.4, 0.5) is 0 Å². The number of amides is 1. The number of rotatable bonds is 6. The summed E-state index contributed by atoms with van der Waals surface area (Å²) in [6, 6.07) is 10.6. The second-order valence-corrected chi connectivity index (χ2v) is 8.04. The summed E-state index contributed by atoms with van der Waals surface area (Å²) in [5.41, 5.74) is 1.39. The average molecular weight is 358 g/mol. The van der Waals surface area contributed by atoms with Gasteiger partial charge in [0.05, 0.1) is 12.7 Å². The fourth-order valence-corrected chi connectivity index (χ4v) is 4.72. The fourth-order valence-electron chi connectivity index (χ4n) is 4.72. The van der Waals surface area contributed by atoms with Crippen molar-refractivity contribution >= 4 is 5.91 Å². The van der Waals surface area contributed by atoms with Crippen LogP contribution in [0.5, 0.6) is 0 Å². The van der Waals surface area contributed by atoms with Crippen molar-refractivity contribution < 1.29 is 14.3 Å². The topological polar surface area (TPSA) is 42.0 Å². The quantitative estimate of drug-likeness (QED) is 0.783. The van der Waals surface area contributed by atoms with Gasteiger partial charge in [-0.2, -0.15) is 0 Å². The summed E-state index contributed by atoms with van der Waals surface area (Å²) in [5, 5.41) is 0. The first-order chi connectivity index (χ1) is 12.8. The van der Waals surface area contributed by atoms with Crippen molar-refractivity contribution in [2.24, 2.45) is 5.41 Å². The number of hydrogen-bond donors (Lipinski definition) is 0. The van der Waals surface area contributed by atoms with Crippen molar-refractivity contribution in [2.45, 2.75) is 38.3 Å². The Morgan fingerprint density at radius 1 is 1.19 bits per heavy atom. The first kappa shape index (κ1) is 18.0. The Balaban J connectivity index is 1.33. The lowest BCUT2D eigenvalue weighted by molar-refractivity contribution is -0.138. The smallest absolute Gasteiger partial charge is 0.248 e. The fraction of sp³-hybridized carbons (Fsp3) is 0.667. The van der Waals surface area contributed by atoms with E-state index in [1.54, 1.807) is 0 Å². The number of nitrogens with zero attached hydrogens (tertiary/aromatic N) is 2. The zero-order valence-electron chi connectivity index (χ0n) is 15.6. The molecule has 0 saturated carbocycles. The first-order valence-corrected chi connectivity index (χ1v) is 9.99. The van der Waals surface area contributed by atoms with Crippen LogP contribution in [0.2, 0.25) is 0 Å². The molecule has 3 heterocycles. The molecule has 0 aliphatic carbocycles. The largest absolute Gasteiger partial charge is 0.377 e. The Hall–Kier alpha value is -1.43. The Morgan fingerprint density at radius 3 is 2.81 bits per heavy atom.